The minimum absolute atomic E-state index is 0.0498. The molecule has 8 nitrogen and oxygen atoms in total. The van der Waals surface area contributed by atoms with Gasteiger partial charge in [0.25, 0.3) is 5.56 Å². The lowest BCUT2D eigenvalue weighted by atomic mass is 10.2. The van der Waals surface area contributed by atoms with Crippen LogP contribution in [0.25, 0.3) is 5.65 Å². The molecule has 0 bridgehead atoms. The fourth-order valence-corrected chi connectivity index (χ4v) is 3.72. The van der Waals surface area contributed by atoms with Gasteiger partial charge >= 0.3 is 6.03 Å². The summed E-state index contributed by atoms with van der Waals surface area (Å²) in [4.78, 5) is 35.7. The molecule has 2 aliphatic heterocycles. The Hall–Kier alpha value is -2.45. The van der Waals surface area contributed by atoms with Crippen LogP contribution in [-0.2, 0) is 6.54 Å². The topological polar surface area (TPSA) is 73.2 Å². The van der Waals surface area contributed by atoms with Crippen molar-refractivity contribution in [3.8, 4) is 0 Å². The van der Waals surface area contributed by atoms with E-state index in [-0.39, 0.29) is 11.6 Å². The highest BCUT2D eigenvalue weighted by molar-refractivity contribution is 5.74. The van der Waals surface area contributed by atoms with E-state index < -0.39 is 0 Å². The summed E-state index contributed by atoms with van der Waals surface area (Å²) in [7, 11) is 0. The number of urea groups is 1. The number of pyridine rings is 1. The molecule has 4 rings (SSSR count). The Labute approximate surface area is 158 Å². The maximum atomic E-state index is 12.6. The number of hydrogen-bond donors (Lipinski definition) is 1. The minimum atomic E-state index is -0.0498. The Morgan fingerprint density at radius 2 is 1.78 bits per heavy atom. The van der Waals surface area contributed by atoms with E-state index in [2.05, 4.69) is 15.2 Å². The van der Waals surface area contributed by atoms with Crippen molar-refractivity contribution in [2.75, 3.05) is 52.4 Å². The van der Waals surface area contributed by atoms with E-state index in [0.717, 1.165) is 50.5 Å². The Kier molecular flexibility index (Phi) is 5.09. The Morgan fingerprint density at radius 1 is 1.07 bits per heavy atom. The van der Waals surface area contributed by atoms with Crippen molar-refractivity contribution < 1.29 is 4.79 Å². The molecule has 0 aliphatic carbocycles. The molecule has 2 fully saturated rings. The summed E-state index contributed by atoms with van der Waals surface area (Å²) in [6.07, 6.45) is 1.81. The highest BCUT2D eigenvalue weighted by Gasteiger charge is 2.26. The van der Waals surface area contributed by atoms with E-state index in [9.17, 15) is 9.59 Å². The van der Waals surface area contributed by atoms with Crippen LogP contribution in [0, 0.1) is 6.92 Å². The quantitative estimate of drug-likeness (QED) is 0.815. The minimum Gasteiger partial charge on any atom is -0.322 e. The highest BCUT2D eigenvalue weighted by atomic mass is 16.2. The van der Waals surface area contributed by atoms with Gasteiger partial charge in [0, 0.05) is 71.2 Å². The average Bonchev–Trinajstić information content (AvgIpc) is 2.69. The van der Waals surface area contributed by atoms with Gasteiger partial charge in [-0.1, -0.05) is 6.07 Å². The number of aryl methyl sites for hydroxylation is 1. The molecule has 1 N–H and O–H groups in total. The lowest BCUT2D eigenvalue weighted by molar-refractivity contribution is 0.106. The summed E-state index contributed by atoms with van der Waals surface area (Å²) >= 11 is 0. The third kappa shape index (κ3) is 3.96. The summed E-state index contributed by atoms with van der Waals surface area (Å²) < 4.78 is 1.59. The zero-order valence-electron chi connectivity index (χ0n) is 15.7. The predicted octanol–water partition coefficient (Wildman–Crippen LogP) is 0.146. The van der Waals surface area contributed by atoms with E-state index in [1.807, 2.05) is 35.1 Å². The van der Waals surface area contributed by atoms with Gasteiger partial charge in [-0.05, 0) is 18.6 Å². The molecule has 144 valence electrons. The van der Waals surface area contributed by atoms with Crippen molar-refractivity contribution >= 4 is 11.7 Å². The summed E-state index contributed by atoms with van der Waals surface area (Å²) in [5, 5.41) is 3.27. The number of nitrogens with zero attached hydrogens (tertiary/aromatic N) is 5. The molecule has 2 aromatic rings. The molecule has 0 aromatic carbocycles. The van der Waals surface area contributed by atoms with Crippen LogP contribution in [0.15, 0.2) is 29.2 Å². The molecule has 2 amide bonds. The Morgan fingerprint density at radius 3 is 2.52 bits per heavy atom. The predicted molar refractivity (Wildman–Crippen MR) is 103 cm³/mol. The van der Waals surface area contributed by atoms with E-state index in [0.29, 0.717) is 25.3 Å². The standard InChI is InChI=1S/C19H26N6O2/c1-15-2-3-17-21-16(12-18(26)25(17)13-15)14-22-8-10-24(11-9-22)19(27)23-6-4-20-5-7-23/h2-3,12-13,20H,4-11,14H2,1H3. The second-order valence-electron chi connectivity index (χ2n) is 7.30. The van der Waals surface area contributed by atoms with Crippen LogP contribution in [0.2, 0.25) is 0 Å². The molecular formula is C19H26N6O2. The number of carbonyl (C=O) groups excluding carboxylic acids is 1. The van der Waals surface area contributed by atoms with Crippen molar-refractivity contribution in [2.45, 2.75) is 13.5 Å². The van der Waals surface area contributed by atoms with E-state index in [1.54, 1.807) is 10.5 Å². The first-order valence-electron chi connectivity index (χ1n) is 9.56. The van der Waals surface area contributed by atoms with Crippen LogP contribution in [0.3, 0.4) is 0 Å². The van der Waals surface area contributed by atoms with Crippen LogP contribution in [-0.4, -0.2) is 82.5 Å². The van der Waals surface area contributed by atoms with Crippen molar-refractivity contribution in [1.29, 1.82) is 0 Å². The lowest BCUT2D eigenvalue weighted by Gasteiger charge is -2.38. The van der Waals surface area contributed by atoms with Gasteiger partial charge in [-0.2, -0.15) is 0 Å². The molecule has 0 spiro atoms. The van der Waals surface area contributed by atoms with Gasteiger partial charge in [0.15, 0.2) is 0 Å². The first-order valence-corrected chi connectivity index (χ1v) is 9.56. The van der Waals surface area contributed by atoms with Crippen LogP contribution in [0.5, 0.6) is 0 Å². The highest BCUT2D eigenvalue weighted by Crippen LogP contribution is 2.10. The summed E-state index contributed by atoms with van der Waals surface area (Å²) in [6, 6.07) is 5.61. The Balaban J connectivity index is 1.38. The molecular weight excluding hydrogens is 344 g/mol. The second-order valence-corrected chi connectivity index (χ2v) is 7.30. The van der Waals surface area contributed by atoms with Crippen molar-refractivity contribution in [3.05, 3.63) is 46.0 Å². The fourth-order valence-electron chi connectivity index (χ4n) is 3.72. The molecule has 2 saturated heterocycles. The second kappa shape index (κ2) is 7.66. The van der Waals surface area contributed by atoms with Gasteiger partial charge in [0.05, 0.1) is 5.69 Å². The zero-order chi connectivity index (χ0) is 18.8. The van der Waals surface area contributed by atoms with Gasteiger partial charge in [0.1, 0.15) is 5.65 Å². The number of nitrogens with one attached hydrogen (secondary N) is 1. The zero-order valence-corrected chi connectivity index (χ0v) is 15.7. The maximum absolute atomic E-state index is 12.6. The molecule has 2 aromatic heterocycles. The number of fused-ring (bicyclic) bond motifs is 1. The number of hydrogen-bond acceptors (Lipinski definition) is 5. The van der Waals surface area contributed by atoms with Crippen molar-refractivity contribution in [3.63, 3.8) is 0 Å². The molecule has 2 aliphatic rings. The third-order valence-electron chi connectivity index (χ3n) is 5.28. The molecule has 27 heavy (non-hydrogen) atoms. The smallest absolute Gasteiger partial charge is 0.320 e. The van der Waals surface area contributed by atoms with Gasteiger partial charge in [-0.15, -0.1) is 0 Å². The normalized spacial score (nSPS) is 18.9. The summed E-state index contributed by atoms with van der Waals surface area (Å²) in [5.41, 5.74) is 2.44. The average molecular weight is 370 g/mol. The molecule has 0 unspecified atom stereocenters. The first-order chi connectivity index (χ1) is 13.1. The lowest BCUT2D eigenvalue weighted by Crippen LogP contribution is -2.56. The number of amides is 2. The molecule has 0 saturated carbocycles. The number of rotatable bonds is 2. The third-order valence-corrected chi connectivity index (χ3v) is 5.28. The molecule has 0 atom stereocenters. The van der Waals surface area contributed by atoms with Crippen molar-refractivity contribution in [1.82, 2.24) is 29.4 Å². The number of aromatic nitrogens is 2. The van der Waals surface area contributed by atoms with Gasteiger partial charge < -0.3 is 15.1 Å². The maximum Gasteiger partial charge on any atom is 0.320 e. The number of piperazine rings is 2. The molecule has 8 heteroatoms. The molecule has 0 radical (unpaired) electrons. The van der Waals surface area contributed by atoms with Crippen LogP contribution in [0.4, 0.5) is 4.79 Å². The van der Waals surface area contributed by atoms with Crippen LogP contribution < -0.4 is 10.9 Å². The van der Waals surface area contributed by atoms with E-state index in [1.165, 1.54) is 0 Å². The van der Waals surface area contributed by atoms with Crippen molar-refractivity contribution in [2.24, 2.45) is 0 Å². The summed E-state index contributed by atoms with van der Waals surface area (Å²) in [6.45, 7) is 8.93. The number of carbonyl (C=O) groups is 1. The van der Waals surface area contributed by atoms with Gasteiger partial charge in [-0.25, -0.2) is 9.78 Å². The van der Waals surface area contributed by atoms with Gasteiger partial charge in [0.2, 0.25) is 0 Å². The van der Waals surface area contributed by atoms with Crippen LogP contribution in [0.1, 0.15) is 11.3 Å². The first kappa shape index (κ1) is 17.9. The SMILES string of the molecule is Cc1ccc2nc(CN3CCN(C(=O)N4CCNCC4)CC3)cc(=O)n2c1. The van der Waals surface area contributed by atoms with Gasteiger partial charge in [-0.3, -0.25) is 14.1 Å². The molecule has 4 heterocycles. The monoisotopic (exact) mass is 370 g/mol. The van der Waals surface area contributed by atoms with Crippen LogP contribution >= 0.6 is 0 Å². The fraction of sp³-hybridized carbons (Fsp3) is 0.526. The van der Waals surface area contributed by atoms with E-state index in [4.69, 9.17) is 0 Å². The summed E-state index contributed by atoms with van der Waals surface area (Å²) in [5.74, 6) is 0. The van der Waals surface area contributed by atoms with E-state index >= 15 is 0 Å². The Bertz CT molecular complexity index is 881. The largest absolute Gasteiger partial charge is 0.322 e.